The lowest BCUT2D eigenvalue weighted by Crippen LogP contribution is -2.34. The zero-order chi connectivity index (χ0) is 16.8. The molecule has 1 aliphatic heterocycles. The maximum atomic E-state index is 12.7. The van der Waals surface area contributed by atoms with Crippen molar-refractivity contribution in [3.05, 3.63) is 35.4 Å². The van der Waals surface area contributed by atoms with Gasteiger partial charge in [0, 0.05) is 19.2 Å². The summed E-state index contributed by atoms with van der Waals surface area (Å²) >= 11 is 0. The second-order valence-corrected chi connectivity index (χ2v) is 5.48. The third kappa shape index (κ3) is 4.21. The standard InChI is InChI=1S/C16H20N2O5/c19-12-7-3-1-2-4-8-18-9-5-6-11(18)15(22)14(12)16(23)17-10-13(20)21/h5-6,9,19H,1-4,7-8,10H2,(H,17,23)(H,20,21)/b14-12-. The number of nitrogens with one attached hydrogen (secondary N) is 1. The number of ketones is 1. The highest BCUT2D eigenvalue weighted by Crippen LogP contribution is 2.19. The minimum atomic E-state index is -1.22. The van der Waals surface area contributed by atoms with Gasteiger partial charge in [0.2, 0.25) is 5.78 Å². The van der Waals surface area contributed by atoms with Crippen LogP contribution in [0.1, 0.15) is 42.6 Å². The first kappa shape index (κ1) is 16.8. The number of aliphatic carboxylic acids is 1. The van der Waals surface area contributed by atoms with E-state index in [0.29, 0.717) is 18.7 Å². The number of amides is 1. The number of carboxylic acids is 1. The van der Waals surface area contributed by atoms with Crippen molar-refractivity contribution < 1.29 is 24.6 Å². The maximum Gasteiger partial charge on any atom is 0.322 e. The molecule has 1 amide bonds. The van der Waals surface area contributed by atoms with Crippen LogP contribution >= 0.6 is 0 Å². The summed E-state index contributed by atoms with van der Waals surface area (Å²) in [7, 11) is 0. The lowest BCUT2D eigenvalue weighted by molar-refractivity contribution is -0.137. The van der Waals surface area contributed by atoms with Crippen LogP contribution in [-0.4, -0.2) is 39.0 Å². The largest absolute Gasteiger partial charge is 0.511 e. The molecular formula is C16H20N2O5. The predicted molar refractivity (Wildman–Crippen MR) is 82.1 cm³/mol. The van der Waals surface area contributed by atoms with Gasteiger partial charge in [-0.2, -0.15) is 0 Å². The van der Waals surface area contributed by atoms with Crippen molar-refractivity contribution in [3.63, 3.8) is 0 Å². The molecule has 0 unspecified atom stereocenters. The van der Waals surface area contributed by atoms with Crippen molar-refractivity contribution in [2.75, 3.05) is 6.54 Å². The van der Waals surface area contributed by atoms with Gasteiger partial charge in [0.25, 0.3) is 5.91 Å². The summed E-state index contributed by atoms with van der Waals surface area (Å²) in [5.41, 5.74) is -0.0491. The Hall–Kier alpha value is -2.57. The zero-order valence-electron chi connectivity index (χ0n) is 12.7. The van der Waals surface area contributed by atoms with E-state index in [-0.39, 0.29) is 17.8 Å². The third-order valence-electron chi connectivity index (χ3n) is 3.77. The van der Waals surface area contributed by atoms with Crippen molar-refractivity contribution in [3.8, 4) is 0 Å². The van der Waals surface area contributed by atoms with Crippen LogP contribution in [0.4, 0.5) is 0 Å². The molecule has 7 heteroatoms. The summed E-state index contributed by atoms with van der Waals surface area (Å²) in [5.74, 6) is -2.95. The molecule has 0 saturated heterocycles. The first-order valence-corrected chi connectivity index (χ1v) is 7.62. The number of hydrogen-bond acceptors (Lipinski definition) is 4. The van der Waals surface area contributed by atoms with Crippen molar-refractivity contribution in [1.29, 1.82) is 0 Å². The molecule has 0 aliphatic carbocycles. The molecule has 23 heavy (non-hydrogen) atoms. The molecule has 2 heterocycles. The number of aliphatic hydroxyl groups excluding tert-OH is 1. The fraction of sp³-hybridized carbons (Fsp3) is 0.438. The second kappa shape index (κ2) is 7.62. The number of carboxylic acid groups (broad SMARTS) is 1. The number of allylic oxidation sites excluding steroid dienone is 1. The minimum absolute atomic E-state index is 0.224. The van der Waals surface area contributed by atoms with Crippen molar-refractivity contribution in [2.45, 2.75) is 38.6 Å². The van der Waals surface area contributed by atoms with E-state index in [1.165, 1.54) is 0 Å². The highest BCUT2D eigenvalue weighted by molar-refractivity contribution is 6.25. The van der Waals surface area contributed by atoms with Gasteiger partial charge in [-0.25, -0.2) is 0 Å². The highest BCUT2D eigenvalue weighted by atomic mass is 16.4. The molecule has 0 spiro atoms. The number of carbonyl (C=O) groups excluding carboxylic acids is 2. The number of nitrogens with zero attached hydrogens (tertiary/aromatic N) is 1. The first-order chi connectivity index (χ1) is 11.0. The van der Waals surface area contributed by atoms with Crippen LogP contribution in [0.3, 0.4) is 0 Å². The SMILES string of the molecule is O=C(O)CNC(=O)/C1=C(\O)CCCCCCn2cccc2C1=O. The smallest absolute Gasteiger partial charge is 0.322 e. The molecule has 7 nitrogen and oxygen atoms in total. The third-order valence-corrected chi connectivity index (χ3v) is 3.77. The molecular weight excluding hydrogens is 300 g/mol. The molecule has 0 radical (unpaired) electrons. The number of carbonyl (C=O) groups is 3. The summed E-state index contributed by atoms with van der Waals surface area (Å²) in [6, 6.07) is 3.31. The van der Waals surface area contributed by atoms with Gasteiger partial charge in [0.15, 0.2) is 0 Å². The zero-order valence-corrected chi connectivity index (χ0v) is 12.7. The van der Waals surface area contributed by atoms with E-state index in [0.717, 1.165) is 19.3 Å². The molecule has 1 aromatic heterocycles. The molecule has 1 aromatic rings. The Balaban J connectivity index is 2.36. The van der Waals surface area contributed by atoms with Gasteiger partial charge in [0.1, 0.15) is 17.9 Å². The summed E-state index contributed by atoms with van der Waals surface area (Å²) in [6.45, 7) is 0.0583. The maximum absolute atomic E-state index is 12.7. The van der Waals surface area contributed by atoms with E-state index < -0.39 is 24.2 Å². The average Bonchev–Trinajstić information content (AvgIpc) is 2.96. The summed E-state index contributed by atoms with van der Waals surface area (Å²) in [4.78, 5) is 35.5. The molecule has 0 atom stereocenters. The van der Waals surface area contributed by atoms with E-state index >= 15 is 0 Å². The molecule has 3 N–H and O–H groups in total. The van der Waals surface area contributed by atoms with Gasteiger partial charge in [-0.15, -0.1) is 0 Å². The number of hydrogen-bond donors (Lipinski definition) is 3. The monoisotopic (exact) mass is 320 g/mol. The molecule has 0 fully saturated rings. The van der Waals surface area contributed by atoms with Gasteiger partial charge in [-0.05, 0) is 25.0 Å². The number of aromatic nitrogens is 1. The number of aryl methyl sites for hydroxylation is 1. The average molecular weight is 320 g/mol. The van der Waals surface area contributed by atoms with E-state index in [1.807, 2.05) is 0 Å². The van der Waals surface area contributed by atoms with Gasteiger partial charge in [0.05, 0.1) is 5.69 Å². The van der Waals surface area contributed by atoms with Gasteiger partial charge >= 0.3 is 5.97 Å². The van der Waals surface area contributed by atoms with Crippen molar-refractivity contribution in [1.82, 2.24) is 9.88 Å². The quantitative estimate of drug-likeness (QED) is 0.734. The van der Waals surface area contributed by atoms with Crippen LogP contribution in [0, 0.1) is 0 Å². The Morgan fingerprint density at radius 3 is 2.70 bits per heavy atom. The Labute approximate surface area is 133 Å². The Bertz CT molecular complexity index is 645. The predicted octanol–water partition coefficient (Wildman–Crippen LogP) is 1.65. The molecule has 124 valence electrons. The van der Waals surface area contributed by atoms with E-state index in [1.54, 1.807) is 22.9 Å². The van der Waals surface area contributed by atoms with Crippen LogP contribution in [0.15, 0.2) is 29.7 Å². The topological polar surface area (TPSA) is 109 Å². The molecule has 1 aliphatic rings. The van der Waals surface area contributed by atoms with Gasteiger partial charge in [-0.1, -0.05) is 12.8 Å². The summed E-state index contributed by atoms with van der Waals surface area (Å²) < 4.78 is 1.76. The minimum Gasteiger partial charge on any atom is -0.511 e. The van der Waals surface area contributed by atoms with Gasteiger partial charge < -0.3 is 20.1 Å². The normalized spacial score (nSPS) is 19.6. The molecule has 2 rings (SSSR count). The lowest BCUT2D eigenvalue weighted by Gasteiger charge is -2.11. The van der Waals surface area contributed by atoms with Crippen molar-refractivity contribution in [2.24, 2.45) is 0 Å². The molecule has 0 aromatic carbocycles. The Morgan fingerprint density at radius 1 is 1.22 bits per heavy atom. The van der Waals surface area contributed by atoms with Crippen molar-refractivity contribution >= 4 is 17.7 Å². The molecule has 0 bridgehead atoms. The van der Waals surface area contributed by atoms with Crippen LogP contribution in [0.2, 0.25) is 0 Å². The highest BCUT2D eigenvalue weighted by Gasteiger charge is 2.27. The second-order valence-electron chi connectivity index (χ2n) is 5.48. The fourth-order valence-corrected chi connectivity index (χ4v) is 2.61. The summed E-state index contributed by atoms with van der Waals surface area (Å²) in [5, 5.41) is 21.0. The number of rotatable bonds is 3. The first-order valence-electron chi connectivity index (χ1n) is 7.62. The van der Waals surface area contributed by atoms with Gasteiger partial charge in [-0.3, -0.25) is 14.4 Å². The van der Waals surface area contributed by atoms with Crippen LogP contribution < -0.4 is 5.32 Å². The van der Waals surface area contributed by atoms with Crippen LogP contribution in [0.5, 0.6) is 0 Å². The van der Waals surface area contributed by atoms with Crippen LogP contribution in [0.25, 0.3) is 0 Å². The van der Waals surface area contributed by atoms with E-state index in [9.17, 15) is 19.5 Å². The van der Waals surface area contributed by atoms with E-state index in [2.05, 4.69) is 5.32 Å². The summed E-state index contributed by atoms with van der Waals surface area (Å²) in [6.07, 6.45) is 5.43. The fourth-order valence-electron chi connectivity index (χ4n) is 2.61. The lowest BCUT2D eigenvalue weighted by atomic mass is 10.0. The Morgan fingerprint density at radius 2 is 1.96 bits per heavy atom. The van der Waals surface area contributed by atoms with E-state index in [4.69, 9.17) is 5.11 Å². The number of aliphatic hydroxyl groups is 1. The molecule has 0 saturated carbocycles. The van der Waals surface area contributed by atoms with Crippen LogP contribution in [-0.2, 0) is 16.1 Å². The number of Topliss-reactive ketones (excluding diaryl/α,β-unsaturated/α-hetero) is 1. The number of fused-ring (bicyclic) bond motifs is 1. The Kier molecular flexibility index (Phi) is 5.56.